The largest absolute Gasteiger partial charge is 0.497 e. The third-order valence-electron chi connectivity index (χ3n) is 4.87. The lowest BCUT2D eigenvalue weighted by Gasteiger charge is -2.45. The highest BCUT2D eigenvalue weighted by molar-refractivity contribution is 5.72. The average Bonchev–Trinajstić information content (AvgIpc) is 2.53. The number of aliphatic carboxylic acids is 1. The number of hydrogen-bond acceptors (Lipinski definition) is 4. The van der Waals surface area contributed by atoms with E-state index in [4.69, 9.17) is 9.47 Å². The Bertz CT molecular complexity index is 572. The molecule has 22 heavy (non-hydrogen) atoms. The monoisotopic (exact) mass is 305 g/mol. The van der Waals surface area contributed by atoms with Crippen molar-refractivity contribution in [1.29, 1.82) is 0 Å². The van der Waals surface area contributed by atoms with Gasteiger partial charge in [0.05, 0.1) is 20.6 Å². The first kappa shape index (κ1) is 15.0. The van der Waals surface area contributed by atoms with Crippen LogP contribution in [0.5, 0.6) is 11.5 Å². The SMILES string of the molecule is COc1cc(OC)c2c(c1)N1CCCC[C@H]1C[C@@H]2CC(=O)O. The van der Waals surface area contributed by atoms with Crippen LogP contribution in [0.2, 0.25) is 0 Å². The maximum Gasteiger partial charge on any atom is 0.303 e. The van der Waals surface area contributed by atoms with E-state index >= 15 is 0 Å². The Hall–Kier alpha value is -1.91. The molecule has 1 fully saturated rings. The van der Waals surface area contributed by atoms with Crippen molar-refractivity contribution in [3.8, 4) is 11.5 Å². The van der Waals surface area contributed by atoms with Crippen LogP contribution in [0.25, 0.3) is 0 Å². The maximum absolute atomic E-state index is 11.3. The maximum atomic E-state index is 11.3. The summed E-state index contributed by atoms with van der Waals surface area (Å²) in [4.78, 5) is 13.7. The molecule has 0 saturated carbocycles. The number of carbonyl (C=O) groups is 1. The van der Waals surface area contributed by atoms with Crippen molar-refractivity contribution >= 4 is 11.7 Å². The van der Waals surface area contributed by atoms with Crippen molar-refractivity contribution in [1.82, 2.24) is 0 Å². The van der Waals surface area contributed by atoms with E-state index in [2.05, 4.69) is 4.90 Å². The number of piperidine rings is 1. The highest BCUT2D eigenvalue weighted by Crippen LogP contribution is 2.48. The number of rotatable bonds is 4. The molecule has 2 heterocycles. The predicted molar refractivity (Wildman–Crippen MR) is 84.1 cm³/mol. The first-order valence-corrected chi connectivity index (χ1v) is 7.88. The Morgan fingerprint density at radius 1 is 1.32 bits per heavy atom. The molecule has 2 aliphatic heterocycles. The number of ether oxygens (including phenoxy) is 2. The zero-order valence-corrected chi connectivity index (χ0v) is 13.2. The number of benzene rings is 1. The van der Waals surface area contributed by atoms with Gasteiger partial charge in [-0.25, -0.2) is 0 Å². The molecule has 1 saturated heterocycles. The van der Waals surface area contributed by atoms with Crippen LogP contribution in [-0.2, 0) is 4.79 Å². The van der Waals surface area contributed by atoms with Gasteiger partial charge in [-0.05, 0) is 25.7 Å². The second-order valence-corrected chi connectivity index (χ2v) is 6.14. The average molecular weight is 305 g/mol. The van der Waals surface area contributed by atoms with Crippen molar-refractivity contribution in [2.24, 2.45) is 0 Å². The van der Waals surface area contributed by atoms with Crippen molar-refractivity contribution in [2.45, 2.75) is 44.1 Å². The molecule has 1 aromatic carbocycles. The lowest BCUT2D eigenvalue weighted by Crippen LogP contribution is -2.44. The Balaban J connectivity index is 2.10. The molecule has 120 valence electrons. The second-order valence-electron chi connectivity index (χ2n) is 6.14. The first-order valence-electron chi connectivity index (χ1n) is 7.88. The highest BCUT2D eigenvalue weighted by atomic mass is 16.5. The van der Waals surface area contributed by atoms with Crippen LogP contribution in [0.1, 0.15) is 43.6 Å². The second kappa shape index (κ2) is 6.07. The summed E-state index contributed by atoms with van der Waals surface area (Å²) in [5.41, 5.74) is 2.13. The minimum absolute atomic E-state index is 0.00714. The van der Waals surface area contributed by atoms with Gasteiger partial charge in [-0.1, -0.05) is 0 Å². The third-order valence-corrected chi connectivity index (χ3v) is 4.87. The van der Waals surface area contributed by atoms with Crippen LogP contribution in [0.3, 0.4) is 0 Å². The van der Waals surface area contributed by atoms with Crippen molar-refractivity contribution < 1.29 is 19.4 Å². The summed E-state index contributed by atoms with van der Waals surface area (Å²) < 4.78 is 10.9. The number of hydrogen-bond donors (Lipinski definition) is 1. The van der Waals surface area contributed by atoms with Gasteiger partial charge in [0.2, 0.25) is 0 Å². The lowest BCUT2D eigenvalue weighted by atomic mass is 9.80. The molecule has 1 aromatic rings. The smallest absolute Gasteiger partial charge is 0.303 e. The van der Waals surface area contributed by atoms with Crippen LogP contribution in [0.4, 0.5) is 5.69 Å². The normalized spacial score (nSPS) is 23.5. The number of methoxy groups -OCH3 is 2. The van der Waals surface area contributed by atoms with Gasteiger partial charge < -0.3 is 19.5 Å². The molecule has 2 atom stereocenters. The molecule has 0 radical (unpaired) electrons. The number of fused-ring (bicyclic) bond motifs is 3. The lowest BCUT2D eigenvalue weighted by molar-refractivity contribution is -0.137. The number of carboxylic acids is 1. The molecule has 2 aliphatic rings. The summed E-state index contributed by atoms with van der Waals surface area (Å²) in [5.74, 6) is 0.756. The molecule has 0 spiro atoms. The minimum Gasteiger partial charge on any atom is -0.497 e. The van der Waals surface area contributed by atoms with Crippen LogP contribution in [0.15, 0.2) is 12.1 Å². The number of carboxylic acid groups (broad SMARTS) is 1. The summed E-state index contributed by atoms with van der Waals surface area (Å²) in [5, 5.41) is 9.27. The predicted octanol–water partition coefficient (Wildman–Crippen LogP) is 3.02. The Morgan fingerprint density at radius 3 is 2.82 bits per heavy atom. The zero-order chi connectivity index (χ0) is 15.7. The van der Waals surface area contributed by atoms with E-state index in [1.807, 2.05) is 12.1 Å². The van der Waals surface area contributed by atoms with Crippen LogP contribution < -0.4 is 14.4 Å². The van der Waals surface area contributed by atoms with E-state index in [1.54, 1.807) is 14.2 Å². The molecular weight excluding hydrogens is 282 g/mol. The molecule has 0 amide bonds. The van der Waals surface area contributed by atoms with E-state index in [1.165, 1.54) is 12.8 Å². The first-order chi connectivity index (χ1) is 10.6. The summed E-state index contributed by atoms with van der Waals surface area (Å²) in [6, 6.07) is 4.32. The fraction of sp³-hybridized carbons (Fsp3) is 0.588. The Kier molecular flexibility index (Phi) is 4.14. The molecule has 0 aromatic heterocycles. The van der Waals surface area contributed by atoms with Gasteiger partial charge in [-0.2, -0.15) is 0 Å². The molecule has 5 heteroatoms. The van der Waals surface area contributed by atoms with E-state index in [0.29, 0.717) is 6.04 Å². The van der Waals surface area contributed by atoms with Crippen LogP contribution in [0, 0.1) is 0 Å². The van der Waals surface area contributed by atoms with Gasteiger partial charge in [0, 0.05) is 41.9 Å². The number of anilines is 1. The third kappa shape index (κ3) is 2.60. The molecule has 5 nitrogen and oxygen atoms in total. The highest BCUT2D eigenvalue weighted by Gasteiger charge is 2.37. The number of nitrogens with zero attached hydrogens (tertiary/aromatic N) is 1. The van der Waals surface area contributed by atoms with Crippen molar-refractivity contribution in [2.75, 3.05) is 25.7 Å². The Morgan fingerprint density at radius 2 is 2.14 bits per heavy atom. The molecule has 1 N–H and O–H groups in total. The summed E-state index contributed by atoms with van der Waals surface area (Å²) in [6.45, 7) is 1.02. The van der Waals surface area contributed by atoms with Gasteiger partial charge in [0.25, 0.3) is 0 Å². The molecule has 0 bridgehead atoms. The fourth-order valence-electron chi connectivity index (χ4n) is 3.93. The summed E-state index contributed by atoms with van der Waals surface area (Å²) >= 11 is 0. The van der Waals surface area contributed by atoms with Crippen LogP contribution >= 0.6 is 0 Å². The van der Waals surface area contributed by atoms with Gasteiger partial charge in [0.1, 0.15) is 11.5 Å². The topological polar surface area (TPSA) is 59.0 Å². The van der Waals surface area contributed by atoms with E-state index in [9.17, 15) is 9.90 Å². The Labute approximate surface area is 130 Å². The van der Waals surface area contributed by atoms with Gasteiger partial charge in [0.15, 0.2) is 0 Å². The van der Waals surface area contributed by atoms with E-state index in [0.717, 1.165) is 42.1 Å². The standard InChI is InChI=1S/C17H23NO4/c1-21-13-9-14-17(15(10-13)22-2)11(8-16(19)20)7-12-5-3-4-6-18(12)14/h9-12H,3-8H2,1-2H3,(H,19,20)/t11-,12+/m1/s1. The van der Waals surface area contributed by atoms with Gasteiger partial charge in [-0.15, -0.1) is 0 Å². The quantitative estimate of drug-likeness (QED) is 0.926. The van der Waals surface area contributed by atoms with E-state index in [-0.39, 0.29) is 12.3 Å². The molecule has 0 aliphatic carbocycles. The van der Waals surface area contributed by atoms with Crippen molar-refractivity contribution in [3.63, 3.8) is 0 Å². The van der Waals surface area contributed by atoms with E-state index < -0.39 is 5.97 Å². The molecule has 0 unspecified atom stereocenters. The van der Waals surface area contributed by atoms with Crippen LogP contribution in [-0.4, -0.2) is 37.9 Å². The fourth-order valence-corrected chi connectivity index (χ4v) is 3.93. The van der Waals surface area contributed by atoms with Crippen molar-refractivity contribution in [3.05, 3.63) is 17.7 Å². The summed E-state index contributed by atoms with van der Waals surface area (Å²) in [6.07, 6.45) is 4.58. The van der Waals surface area contributed by atoms with Gasteiger partial charge >= 0.3 is 5.97 Å². The van der Waals surface area contributed by atoms with Gasteiger partial charge in [-0.3, -0.25) is 4.79 Å². The summed E-state index contributed by atoms with van der Waals surface area (Å²) in [7, 11) is 3.28. The molecular formula is C17H23NO4. The molecule has 3 rings (SSSR count). The zero-order valence-electron chi connectivity index (χ0n) is 13.2. The minimum atomic E-state index is -0.752.